The SMILES string of the molecule is N#CC(CC(N)=O)NCc1ccccc1. The molecule has 4 heteroatoms. The van der Waals surface area contributed by atoms with Crippen molar-refractivity contribution >= 4 is 5.91 Å². The van der Waals surface area contributed by atoms with Crippen molar-refractivity contribution in [2.75, 3.05) is 0 Å². The number of nitrogens with zero attached hydrogens (tertiary/aromatic N) is 1. The predicted molar refractivity (Wildman–Crippen MR) is 56.5 cm³/mol. The number of carbonyl (C=O) groups is 1. The molecule has 1 aromatic carbocycles. The molecule has 1 aromatic rings. The average molecular weight is 203 g/mol. The van der Waals surface area contributed by atoms with Crippen LogP contribution < -0.4 is 11.1 Å². The summed E-state index contributed by atoms with van der Waals surface area (Å²) in [6, 6.07) is 11.2. The summed E-state index contributed by atoms with van der Waals surface area (Å²) in [5.41, 5.74) is 6.08. The van der Waals surface area contributed by atoms with Gasteiger partial charge in [0.2, 0.25) is 5.91 Å². The van der Waals surface area contributed by atoms with Gasteiger partial charge < -0.3 is 5.73 Å². The maximum absolute atomic E-state index is 10.6. The lowest BCUT2D eigenvalue weighted by Crippen LogP contribution is -2.31. The highest BCUT2D eigenvalue weighted by Crippen LogP contribution is 1.99. The minimum absolute atomic E-state index is 0.0450. The number of nitrogens with two attached hydrogens (primary N) is 1. The van der Waals surface area contributed by atoms with Crippen LogP contribution in [-0.4, -0.2) is 11.9 Å². The van der Waals surface area contributed by atoms with E-state index in [2.05, 4.69) is 5.32 Å². The second kappa shape index (κ2) is 5.78. The Labute approximate surface area is 88.7 Å². The molecule has 0 bridgehead atoms. The molecule has 0 aliphatic carbocycles. The van der Waals surface area contributed by atoms with Crippen LogP contribution in [0, 0.1) is 11.3 Å². The number of rotatable bonds is 5. The van der Waals surface area contributed by atoms with Gasteiger partial charge in [-0.1, -0.05) is 30.3 Å². The van der Waals surface area contributed by atoms with Crippen LogP contribution in [0.25, 0.3) is 0 Å². The lowest BCUT2D eigenvalue weighted by molar-refractivity contribution is -0.118. The molecule has 0 aliphatic rings. The summed E-state index contributed by atoms with van der Waals surface area (Å²) in [5, 5.41) is 11.7. The highest BCUT2D eigenvalue weighted by molar-refractivity contribution is 5.74. The lowest BCUT2D eigenvalue weighted by Gasteiger charge is -2.09. The third-order valence-electron chi connectivity index (χ3n) is 1.96. The summed E-state index contributed by atoms with van der Waals surface area (Å²) in [6.07, 6.45) is 0.0450. The maximum Gasteiger partial charge on any atom is 0.220 e. The number of carbonyl (C=O) groups excluding carboxylic acids is 1. The van der Waals surface area contributed by atoms with Crippen LogP contribution in [0.1, 0.15) is 12.0 Å². The molecule has 78 valence electrons. The van der Waals surface area contributed by atoms with E-state index in [0.717, 1.165) is 5.56 Å². The molecule has 15 heavy (non-hydrogen) atoms. The number of hydrogen-bond acceptors (Lipinski definition) is 3. The van der Waals surface area contributed by atoms with E-state index >= 15 is 0 Å². The van der Waals surface area contributed by atoms with E-state index < -0.39 is 11.9 Å². The third-order valence-corrected chi connectivity index (χ3v) is 1.96. The zero-order valence-electron chi connectivity index (χ0n) is 8.31. The quantitative estimate of drug-likeness (QED) is 0.733. The van der Waals surface area contributed by atoms with Crippen molar-refractivity contribution < 1.29 is 4.79 Å². The zero-order valence-corrected chi connectivity index (χ0v) is 8.31. The van der Waals surface area contributed by atoms with Crippen molar-refractivity contribution in [3.05, 3.63) is 35.9 Å². The van der Waals surface area contributed by atoms with E-state index in [4.69, 9.17) is 11.0 Å². The van der Waals surface area contributed by atoms with Crippen LogP contribution in [0.5, 0.6) is 0 Å². The van der Waals surface area contributed by atoms with Crippen LogP contribution >= 0.6 is 0 Å². The van der Waals surface area contributed by atoms with E-state index in [1.165, 1.54) is 0 Å². The van der Waals surface area contributed by atoms with Gasteiger partial charge in [-0.15, -0.1) is 0 Å². The molecule has 0 fully saturated rings. The fraction of sp³-hybridized carbons (Fsp3) is 0.273. The first kappa shape index (κ1) is 11.2. The van der Waals surface area contributed by atoms with E-state index in [-0.39, 0.29) is 6.42 Å². The second-order valence-corrected chi connectivity index (χ2v) is 3.22. The van der Waals surface area contributed by atoms with Crippen molar-refractivity contribution in [2.45, 2.75) is 19.0 Å². The Morgan fingerprint density at radius 3 is 2.67 bits per heavy atom. The molecule has 0 saturated heterocycles. The molecule has 4 nitrogen and oxygen atoms in total. The van der Waals surface area contributed by atoms with Gasteiger partial charge in [-0.05, 0) is 5.56 Å². The molecular weight excluding hydrogens is 190 g/mol. The third kappa shape index (κ3) is 4.25. The standard InChI is InChI=1S/C11H13N3O/c12-7-10(6-11(13)15)14-8-9-4-2-1-3-5-9/h1-5,10,14H,6,8H2,(H2,13,15). The molecule has 1 unspecified atom stereocenters. The minimum atomic E-state index is -0.511. The number of hydrogen-bond donors (Lipinski definition) is 2. The van der Waals surface area contributed by atoms with Gasteiger partial charge in [0.15, 0.2) is 0 Å². The van der Waals surface area contributed by atoms with Gasteiger partial charge in [-0.3, -0.25) is 10.1 Å². The predicted octanol–water partition coefficient (Wildman–Crippen LogP) is 0.544. The smallest absolute Gasteiger partial charge is 0.220 e. The van der Waals surface area contributed by atoms with Gasteiger partial charge in [0.1, 0.15) is 6.04 Å². The highest BCUT2D eigenvalue weighted by Gasteiger charge is 2.09. The summed E-state index contributed by atoms with van der Waals surface area (Å²) in [6.45, 7) is 0.562. The van der Waals surface area contributed by atoms with Gasteiger partial charge in [-0.2, -0.15) is 5.26 Å². The maximum atomic E-state index is 10.6. The Bertz CT molecular complexity index is 356. The second-order valence-electron chi connectivity index (χ2n) is 3.22. The largest absolute Gasteiger partial charge is 0.370 e. The van der Waals surface area contributed by atoms with Crippen molar-refractivity contribution in [1.29, 1.82) is 5.26 Å². The Morgan fingerprint density at radius 1 is 1.47 bits per heavy atom. The van der Waals surface area contributed by atoms with Crippen molar-refractivity contribution in [3.63, 3.8) is 0 Å². The lowest BCUT2D eigenvalue weighted by atomic mass is 10.2. The summed E-state index contributed by atoms with van der Waals surface area (Å²) < 4.78 is 0. The summed E-state index contributed by atoms with van der Waals surface area (Å²) >= 11 is 0. The molecular formula is C11H13N3O. The van der Waals surface area contributed by atoms with E-state index in [9.17, 15) is 4.79 Å². The molecule has 1 amide bonds. The zero-order chi connectivity index (χ0) is 11.1. The Balaban J connectivity index is 2.42. The first-order valence-corrected chi connectivity index (χ1v) is 4.67. The minimum Gasteiger partial charge on any atom is -0.370 e. The van der Waals surface area contributed by atoms with Crippen LogP contribution in [0.3, 0.4) is 0 Å². The van der Waals surface area contributed by atoms with Gasteiger partial charge in [0.05, 0.1) is 12.5 Å². The van der Waals surface area contributed by atoms with Crippen LogP contribution in [0.15, 0.2) is 30.3 Å². The summed E-state index contributed by atoms with van der Waals surface area (Å²) in [4.78, 5) is 10.6. The number of nitrogens with one attached hydrogen (secondary N) is 1. The summed E-state index contributed by atoms with van der Waals surface area (Å²) in [7, 11) is 0. The molecule has 0 heterocycles. The topological polar surface area (TPSA) is 78.9 Å². The molecule has 0 aromatic heterocycles. The Kier molecular flexibility index (Phi) is 4.32. The van der Waals surface area contributed by atoms with Crippen molar-refractivity contribution in [3.8, 4) is 6.07 Å². The molecule has 1 rings (SSSR count). The first-order valence-electron chi connectivity index (χ1n) is 4.67. The van der Waals surface area contributed by atoms with Crippen LogP contribution in [0.4, 0.5) is 0 Å². The monoisotopic (exact) mass is 203 g/mol. The molecule has 0 aliphatic heterocycles. The van der Waals surface area contributed by atoms with Gasteiger partial charge in [0, 0.05) is 6.54 Å². The first-order chi connectivity index (χ1) is 7.22. The van der Waals surface area contributed by atoms with Crippen LogP contribution in [0.2, 0.25) is 0 Å². The molecule has 0 saturated carbocycles. The van der Waals surface area contributed by atoms with E-state index in [1.54, 1.807) is 0 Å². The fourth-order valence-corrected chi connectivity index (χ4v) is 1.20. The molecule has 0 radical (unpaired) electrons. The van der Waals surface area contributed by atoms with E-state index in [0.29, 0.717) is 6.54 Å². The van der Waals surface area contributed by atoms with Crippen molar-refractivity contribution in [1.82, 2.24) is 5.32 Å². The number of nitriles is 1. The molecule has 1 atom stereocenters. The number of primary amides is 1. The Hall–Kier alpha value is -1.86. The van der Waals surface area contributed by atoms with Gasteiger partial charge in [-0.25, -0.2) is 0 Å². The average Bonchev–Trinajstić information content (AvgIpc) is 2.25. The highest BCUT2D eigenvalue weighted by atomic mass is 16.1. The van der Waals surface area contributed by atoms with Gasteiger partial charge >= 0.3 is 0 Å². The number of amides is 1. The normalized spacial score (nSPS) is 11.7. The fourth-order valence-electron chi connectivity index (χ4n) is 1.20. The Morgan fingerprint density at radius 2 is 2.13 bits per heavy atom. The van der Waals surface area contributed by atoms with Gasteiger partial charge in [0.25, 0.3) is 0 Å². The van der Waals surface area contributed by atoms with Crippen molar-refractivity contribution in [2.24, 2.45) is 5.73 Å². The van der Waals surface area contributed by atoms with Crippen LogP contribution in [-0.2, 0) is 11.3 Å². The number of benzene rings is 1. The summed E-state index contributed by atoms with van der Waals surface area (Å²) in [5.74, 6) is -0.470. The molecule has 0 spiro atoms. The van der Waals surface area contributed by atoms with E-state index in [1.807, 2.05) is 36.4 Å². The molecule has 3 N–H and O–H groups in total.